The van der Waals surface area contributed by atoms with E-state index in [1.807, 2.05) is 0 Å². The van der Waals surface area contributed by atoms with Gasteiger partial charge in [-0.3, -0.25) is 0 Å². The number of nitrogens with two attached hydrogens (primary N) is 1. The van der Waals surface area contributed by atoms with Crippen LogP contribution in [-0.2, 0) is 0 Å². The van der Waals surface area contributed by atoms with Gasteiger partial charge in [0.1, 0.15) is 0 Å². The second-order valence-electron chi connectivity index (χ2n) is 3.31. The summed E-state index contributed by atoms with van der Waals surface area (Å²) in [6, 6.07) is 2.88. The molecule has 0 unspecified atom stereocenters. The molecule has 78 valence electrons. The van der Waals surface area contributed by atoms with Crippen LogP contribution in [0.25, 0.3) is 5.82 Å². The van der Waals surface area contributed by atoms with Gasteiger partial charge in [0.2, 0.25) is 0 Å². The molecule has 5 heteroatoms. The molecule has 0 aliphatic rings. The zero-order valence-corrected chi connectivity index (χ0v) is 8.53. The molecule has 2 heterocycles. The summed E-state index contributed by atoms with van der Waals surface area (Å²) in [6.07, 6.45) is 1.52. The Hall–Kier alpha value is -1.91. The van der Waals surface area contributed by atoms with Crippen molar-refractivity contribution in [3.05, 3.63) is 35.5 Å². The molecule has 0 saturated heterocycles. The first-order valence-corrected chi connectivity index (χ1v) is 4.54. The predicted molar refractivity (Wildman–Crippen MR) is 55.2 cm³/mol. The summed E-state index contributed by atoms with van der Waals surface area (Å²) in [5.74, 6) is -0.238. The van der Waals surface area contributed by atoms with Crippen LogP contribution in [0.5, 0.6) is 0 Å². The second-order valence-corrected chi connectivity index (χ2v) is 3.31. The molecule has 2 N–H and O–H groups in total. The topological polar surface area (TPSA) is 56.7 Å². The molecule has 2 aromatic heterocycles. The van der Waals surface area contributed by atoms with E-state index in [-0.39, 0.29) is 5.82 Å². The monoisotopic (exact) mass is 206 g/mol. The number of aryl methyl sites for hydroxylation is 1. The molecule has 0 amide bonds. The zero-order valence-electron chi connectivity index (χ0n) is 8.53. The van der Waals surface area contributed by atoms with Crippen molar-refractivity contribution in [3.8, 4) is 5.82 Å². The van der Waals surface area contributed by atoms with Crippen molar-refractivity contribution < 1.29 is 4.39 Å². The van der Waals surface area contributed by atoms with Gasteiger partial charge in [-0.2, -0.15) is 5.10 Å². The number of rotatable bonds is 1. The van der Waals surface area contributed by atoms with Gasteiger partial charge >= 0.3 is 0 Å². The summed E-state index contributed by atoms with van der Waals surface area (Å²) in [4.78, 5) is 3.93. The molecule has 2 rings (SSSR count). The van der Waals surface area contributed by atoms with Crippen LogP contribution < -0.4 is 5.73 Å². The number of halogens is 1. The lowest BCUT2D eigenvalue weighted by Gasteiger charge is -2.03. The van der Waals surface area contributed by atoms with E-state index >= 15 is 0 Å². The number of hydrogen-bond donors (Lipinski definition) is 1. The Morgan fingerprint density at radius 3 is 2.67 bits per heavy atom. The Kier molecular flexibility index (Phi) is 2.15. The number of aromatic nitrogens is 3. The smallest absolute Gasteiger partial charge is 0.189 e. The Labute approximate surface area is 86.6 Å². The quantitative estimate of drug-likeness (QED) is 0.771. The molecular formula is C10H11FN4. The van der Waals surface area contributed by atoms with Gasteiger partial charge in [-0.1, -0.05) is 0 Å². The van der Waals surface area contributed by atoms with E-state index in [1.54, 1.807) is 13.8 Å². The number of pyridine rings is 1. The molecule has 0 saturated carbocycles. The summed E-state index contributed by atoms with van der Waals surface area (Å²) in [7, 11) is 0. The maximum absolute atomic E-state index is 13.4. The fraction of sp³-hybridized carbons (Fsp3) is 0.200. The number of hydrogen-bond acceptors (Lipinski definition) is 3. The molecule has 4 nitrogen and oxygen atoms in total. The molecule has 15 heavy (non-hydrogen) atoms. The Balaban J connectivity index is 2.65. The highest BCUT2D eigenvalue weighted by molar-refractivity contribution is 5.49. The summed E-state index contributed by atoms with van der Waals surface area (Å²) >= 11 is 0. The van der Waals surface area contributed by atoms with E-state index in [4.69, 9.17) is 5.73 Å². The third-order valence-electron chi connectivity index (χ3n) is 2.29. The number of anilines is 1. The average Bonchev–Trinajstić information content (AvgIpc) is 2.47. The SMILES string of the molecule is Cc1nn(-c2ncccc2F)c(C)c1N. The van der Waals surface area contributed by atoms with Gasteiger partial charge < -0.3 is 5.73 Å². The largest absolute Gasteiger partial charge is 0.396 e. The van der Waals surface area contributed by atoms with Gasteiger partial charge in [-0.05, 0) is 26.0 Å². The van der Waals surface area contributed by atoms with Crippen LogP contribution in [-0.4, -0.2) is 14.8 Å². The number of nitrogens with zero attached hydrogens (tertiary/aromatic N) is 3. The minimum absolute atomic E-state index is 0.176. The molecule has 0 spiro atoms. The molecule has 0 aromatic carbocycles. The number of nitrogen functional groups attached to an aromatic ring is 1. The molecular weight excluding hydrogens is 195 g/mol. The van der Waals surface area contributed by atoms with Gasteiger partial charge in [-0.15, -0.1) is 0 Å². The summed E-state index contributed by atoms with van der Waals surface area (Å²) in [5.41, 5.74) is 7.70. The van der Waals surface area contributed by atoms with Crippen LogP contribution in [0.3, 0.4) is 0 Å². The van der Waals surface area contributed by atoms with Crippen molar-refractivity contribution >= 4 is 5.69 Å². The fourth-order valence-corrected chi connectivity index (χ4v) is 1.39. The minimum atomic E-state index is -0.414. The Bertz CT molecular complexity index is 504. The molecule has 0 aliphatic heterocycles. The van der Waals surface area contributed by atoms with Crippen LogP contribution in [0, 0.1) is 19.7 Å². The van der Waals surface area contributed by atoms with Crippen molar-refractivity contribution in [1.82, 2.24) is 14.8 Å². The van der Waals surface area contributed by atoms with Gasteiger partial charge in [0.05, 0.1) is 17.1 Å². The van der Waals surface area contributed by atoms with E-state index in [9.17, 15) is 4.39 Å². The van der Waals surface area contributed by atoms with Crippen LogP contribution in [0.1, 0.15) is 11.4 Å². The van der Waals surface area contributed by atoms with Crippen LogP contribution in [0.2, 0.25) is 0 Å². The van der Waals surface area contributed by atoms with Crippen molar-refractivity contribution in [2.75, 3.05) is 5.73 Å². The highest BCUT2D eigenvalue weighted by Gasteiger charge is 2.13. The molecule has 0 fully saturated rings. The van der Waals surface area contributed by atoms with Crippen molar-refractivity contribution in [2.24, 2.45) is 0 Å². The second kappa shape index (κ2) is 3.34. The van der Waals surface area contributed by atoms with Crippen molar-refractivity contribution in [3.63, 3.8) is 0 Å². The van der Waals surface area contributed by atoms with Crippen molar-refractivity contribution in [1.29, 1.82) is 0 Å². The minimum Gasteiger partial charge on any atom is -0.396 e. The van der Waals surface area contributed by atoms with E-state index < -0.39 is 5.82 Å². The third-order valence-corrected chi connectivity index (χ3v) is 2.29. The Morgan fingerprint density at radius 1 is 1.40 bits per heavy atom. The normalized spacial score (nSPS) is 10.6. The molecule has 0 aliphatic carbocycles. The van der Waals surface area contributed by atoms with Crippen LogP contribution in [0.15, 0.2) is 18.3 Å². The van der Waals surface area contributed by atoms with Gasteiger partial charge in [0.25, 0.3) is 0 Å². The van der Waals surface area contributed by atoms with Crippen molar-refractivity contribution in [2.45, 2.75) is 13.8 Å². The zero-order chi connectivity index (χ0) is 11.0. The maximum Gasteiger partial charge on any atom is 0.189 e. The molecule has 0 atom stereocenters. The van der Waals surface area contributed by atoms with E-state index in [0.29, 0.717) is 17.1 Å². The lowest BCUT2D eigenvalue weighted by molar-refractivity contribution is 0.597. The average molecular weight is 206 g/mol. The van der Waals surface area contributed by atoms with Gasteiger partial charge in [0.15, 0.2) is 11.6 Å². The lowest BCUT2D eigenvalue weighted by atomic mass is 10.3. The van der Waals surface area contributed by atoms with E-state index in [1.165, 1.54) is 23.0 Å². The molecule has 0 bridgehead atoms. The van der Waals surface area contributed by atoms with Crippen LogP contribution >= 0.6 is 0 Å². The highest BCUT2D eigenvalue weighted by atomic mass is 19.1. The Morgan fingerprint density at radius 2 is 2.13 bits per heavy atom. The first-order valence-electron chi connectivity index (χ1n) is 4.54. The first-order chi connectivity index (χ1) is 7.11. The van der Waals surface area contributed by atoms with Crippen LogP contribution in [0.4, 0.5) is 10.1 Å². The van der Waals surface area contributed by atoms with E-state index in [2.05, 4.69) is 10.1 Å². The molecule has 0 radical (unpaired) electrons. The molecule has 2 aromatic rings. The standard InChI is InChI=1S/C10H11FN4/c1-6-9(12)7(2)15(14-6)10-8(11)4-3-5-13-10/h3-5H,12H2,1-2H3. The first kappa shape index (κ1) is 9.64. The maximum atomic E-state index is 13.4. The van der Waals surface area contributed by atoms with Gasteiger partial charge in [0, 0.05) is 6.20 Å². The fourth-order valence-electron chi connectivity index (χ4n) is 1.39. The summed E-state index contributed by atoms with van der Waals surface area (Å²) < 4.78 is 14.8. The summed E-state index contributed by atoms with van der Waals surface area (Å²) in [5, 5.41) is 4.13. The van der Waals surface area contributed by atoms with Gasteiger partial charge in [-0.25, -0.2) is 14.1 Å². The highest BCUT2D eigenvalue weighted by Crippen LogP contribution is 2.19. The van der Waals surface area contributed by atoms with E-state index in [0.717, 1.165) is 0 Å². The lowest BCUT2D eigenvalue weighted by Crippen LogP contribution is -2.04. The summed E-state index contributed by atoms with van der Waals surface area (Å²) in [6.45, 7) is 3.56. The third kappa shape index (κ3) is 1.45. The predicted octanol–water partition coefficient (Wildman–Crippen LogP) is 1.61.